The Kier molecular flexibility index (Phi) is 17.8. The molecule has 1 heterocycles. The van der Waals surface area contributed by atoms with Crippen LogP contribution >= 0.6 is 15.9 Å². The van der Waals surface area contributed by atoms with Gasteiger partial charge in [0.2, 0.25) is 0 Å². The highest BCUT2D eigenvalue weighted by Gasteiger charge is 2.55. The second-order valence-corrected chi connectivity index (χ2v) is 42.5. The van der Waals surface area contributed by atoms with Crippen LogP contribution in [0.15, 0.2) is 22.7 Å². The number of methoxy groups -OCH3 is 1. The van der Waals surface area contributed by atoms with Crippen LogP contribution in [0.1, 0.15) is 109 Å². The fourth-order valence-electron chi connectivity index (χ4n) is 5.87. The van der Waals surface area contributed by atoms with Gasteiger partial charge in [0.1, 0.15) is 5.75 Å². The lowest BCUT2D eigenvalue weighted by atomic mass is 9.94. The van der Waals surface area contributed by atoms with Crippen LogP contribution in [-0.4, -0.2) is 95.9 Å². The maximum absolute atomic E-state index is 7.71. The van der Waals surface area contributed by atoms with Crippen molar-refractivity contribution in [2.24, 2.45) is 0 Å². The number of hydrogen-bond donors (Lipinski definition) is 1. The smallest absolute Gasteiger partial charge is 0.192 e. The highest BCUT2D eigenvalue weighted by atomic mass is 79.9. The van der Waals surface area contributed by atoms with E-state index >= 15 is 0 Å². The predicted octanol–water partition coefficient (Wildman–Crippen LogP) is 13.3. The van der Waals surface area contributed by atoms with Crippen LogP contribution in [0, 0.1) is 0 Å². The standard InChI is InChI=1S/C43H87BrN2O5Si4/c1-40(2,3)52(14,15)48-32-36-38(50-54(18,19)42(7,8)9)39(51-55(20,21)43(10,11)12)37(49-53(16,17)41(4,5)6)31-46(36)27-25-23-22-24-26-45-34-28-33(44)29-35(30-34)47-13/h28-30,36-39,45H,22-27,31-32H2,1-21H3/t36-,37?,38?,39?/m1/s1. The number of nitrogens with one attached hydrogen (secondary N) is 1. The number of ether oxygens (including phenoxy) is 1. The van der Waals surface area contributed by atoms with Crippen molar-refractivity contribution in [1.29, 1.82) is 0 Å². The Morgan fingerprint density at radius 3 is 1.60 bits per heavy atom. The summed E-state index contributed by atoms with van der Waals surface area (Å²) in [7, 11) is -7.00. The lowest BCUT2D eigenvalue weighted by Crippen LogP contribution is -2.70. The first kappa shape index (κ1) is 51.1. The van der Waals surface area contributed by atoms with E-state index in [1.54, 1.807) is 7.11 Å². The van der Waals surface area contributed by atoms with Gasteiger partial charge < -0.3 is 27.8 Å². The maximum atomic E-state index is 7.71. The molecule has 1 aliphatic heterocycles. The second-order valence-electron chi connectivity index (χ2n) is 22.5. The van der Waals surface area contributed by atoms with Crippen molar-refractivity contribution in [2.45, 2.75) is 206 Å². The summed E-state index contributed by atoms with van der Waals surface area (Å²) in [5, 5.41) is 3.89. The van der Waals surface area contributed by atoms with E-state index in [-0.39, 0.29) is 44.5 Å². The molecule has 1 fully saturated rings. The molecule has 0 amide bonds. The molecule has 7 nitrogen and oxygen atoms in total. The first-order valence-corrected chi connectivity index (χ1v) is 33.6. The van der Waals surface area contributed by atoms with Gasteiger partial charge in [-0.15, -0.1) is 0 Å². The molecule has 0 spiro atoms. The molecule has 1 saturated heterocycles. The summed E-state index contributed by atoms with van der Waals surface area (Å²) in [5.74, 6) is 0.856. The van der Waals surface area contributed by atoms with Gasteiger partial charge in [0.25, 0.3) is 0 Å². The number of unbranched alkanes of at least 4 members (excludes halogenated alkanes) is 3. The summed E-state index contributed by atoms with van der Waals surface area (Å²) in [6, 6.07) is 6.23. The Labute approximate surface area is 353 Å². The third-order valence-corrected chi connectivity index (χ3v) is 32.3. The first-order chi connectivity index (χ1) is 24.7. The minimum Gasteiger partial charge on any atom is -0.497 e. The maximum Gasteiger partial charge on any atom is 0.192 e. The van der Waals surface area contributed by atoms with E-state index in [4.69, 9.17) is 22.4 Å². The van der Waals surface area contributed by atoms with E-state index in [1.165, 1.54) is 12.8 Å². The zero-order chi connectivity index (χ0) is 42.6. The molecule has 0 bridgehead atoms. The van der Waals surface area contributed by atoms with Gasteiger partial charge in [0.15, 0.2) is 33.3 Å². The van der Waals surface area contributed by atoms with Crippen molar-refractivity contribution in [3.05, 3.63) is 22.7 Å². The molecule has 1 N–H and O–H groups in total. The zero-order valence-electron chi connectivity index (χ0n) is 39.6. The molecule has 2 rings (SSSR count). The number of likely N-dealkylation sites (tertiary alicyclic amines) is 1. The summed E-state index contributed by atoms with van der Waals surface area (Å²) >= 11 is 3.61. The van der Waals surface area contributed by atoms with Crippen LogP contribution in [0.3, 0.4) is 0 Å². The van der Waals surface area contributed by atoms with Crippen LogP contribution in [-0.2, 0) is 17.7 Å². The van der Waals surface area contributed by atoms with Crippen molar-refractivity contribution in [3.63, 3.8) is 0 Å². The largest absolute Gasteiger partial charge is 0.497 e. The van der Waals surface area contributed by atoms with Crippen LogP contribution < -0.4 is 10.1 Å². The molecule has 12 heteroatoms. The van der Waals surface area contributed by atoms with Crippen molar-refractivity contribution in [3.8, 4) is 5.75 Å². The number of halogens is 1. The Morgan fingerprint density at radius 1 is 0.636 bits per heavy atom. The Morgan fingerprint density at radius 2 is 1.11 bits per heavy atom. The molecule has 55 heavy (non-hydrogen) atoms. The molecule has 1 aromatic rings. The number of piperidine rings is 1. The SMILES string of the molecule is COc1cc(Br)cc(NCCCCCCN2CC(O[Si](C)(C)C(C)(C)C)C(O[Si](C)(C)C(C)(C)C)C(O[Si](C)(C)C(C)(C)C)[C@H]2CO[Si](C)(C)C(C)(C)C)c1. The fourth-order valence-corrected chi connectivity index (χ4v) is 11.3. The number of anilines is 1. The molecular formula is C43H87BrN2O5Si4. The van der Waals surface area contributed by atoms with E-state index < -0.39 is 33.3 Å². The monoisotopic (exact) mass is 902 g/mol. The van der Waals surface area contributed by atoms with Gasteiger partial charge in [-0.2, -0.15) is 0 Å². The topological polar surface area (TPSA) is 61.4 Å². The number of nitrogens with zero attached hydrogens (tertiary/aromatic N) is 1. The summed E-state index contributed by atoms with van der Waals surface area (Å²) in [5.41, 5.74) is 1.08. The lowest BCUT2D eigenvalue weighted by Gasteiger charge is -2.56. The summed E-state index contributed by atoms with van der Waals surface area (Å²) in [6.45, 7) is 50.8. The third kappa shape index (κ3) is 14.3. The average molecular weight is 904 g/mol. The van der Waals surface area contributed by atoms with Gasteiger partial charge in [-0.3, -0.25) is 4.90 Å². The highest BCUT2D eigenvalue weighted by Crippen LogP contribution is 2.46. The van der Waals surface area contributed by atoms with Gasteiger partial charge >= 0.3 is 0 Å². The zero-order valence-corrected chi connectivity index (χ0v) is 45.2. The first-order valence-electron chi connectivity index (χ1n) is 21.2. The Balaban J connectivity index is 2.55. The van der Waals surface area contributed by atoms with Crippen molar-refractivity contribution in [2.75, 3.05) is 38.7 Å². The summed E-state index contributed by atoms with van der Waals surface area (Å²) in [6.07, 6.45) is 4.16. The van der Waals surface area contributed by atoms with E-state index in [2.05, 4.69) is 174 Å². The molecule has 1 aromatic carbocycles. The Bertz CT molecular complexity index is 1350. The van der Waals surface area contributed by atoms with Crippen molar-refractivity contribution in [1.82, 2.24) is 4.90 Å². The molecule has 0 saturated carbocycles. The summed E-state index contributed by atoms with van der Waals surface area (Å²) in [4.78, 5) is 2.71. The fraction of sp³-hybridized carbons (Fsp3) is 0.860. The normalized spacial score (nSPS) is 21.6. The molecule has 322 valence electrons. The number of hydrogen-bond acceptors (Lipinski definition) is 7. The van der Waals surface area contributed by atoms with Gasteiger partial charge in [-0.05, 0) is 104 Å². The quantitative estimate of drug-likeness (QED) is 0.116. The molecule has 0 aromatic heterocycles. The molecule has 3 unspecified atom stereocenters. The molecule has 1 aliphatic rings. The lowest BCUT2D eigenvalue weighted by molar-refractivity contribution is -0.128. The molecular weight excluding hydrogens is 817 g/mol. The summed E-state index contributed by atoms with van der Waals surface area (Å²) < 4.78 is 36.5. The molecule has 4 atom stereocenters. The van der Waals surface area contributed by atoms with E-state index in [0.717, 1.165) is 48.4 Å². The molecule has 0 radical (unpaired) electrons. The van der Waals surface area contributed by atoms with Crippen molar-refractivity contribution >= 4 is 54.9 Å². The minimum absolute atomic E-state index is 0.0480. The van der Waals surface area contributed by atoms with Crippen LogP contribution in [0.25, 0.3) is 0 Å². The van der Waals surface area contributed by atoms with Gasteiger partial charge in [-0.1, -0.05) is 112 Å². The van der Waals surface area contributed by atoms with Gasteiger partial charge in [0, 0.05) is 29.3 Å². The second kappa shape index (κ2) is 19.1. The van der Waals surface area contributed by atoms with Gasteiger partial charge in [-0.25, -0.2) is 0 Å². The minimum atomic E-state index is -2.25. The van der Waals surface area contributed by atoms with E-state index in [0.29, 0.717) is 6.61 Å². The average Bonchev–Trinajstić information content (AvgIpc) is 2.99. The predicted molar refractivity (Wildman–Crippen MR) is 252 cm³/mol. The number of rotatable bonds is 18. The van der Waals surface area contributed by atoms with Crippen LogP contribution in [0.5, 0.6) is 5.75 Å². The number of benzene rings is 1. The highest BCUT2D eigenvalue weighted by molar-refractivity contribution is 9.10. The van der Waals surface area contributed by atoms with Crippen LogP contribution in [0.4, 0.5) is 5.69 Å². The van der Waals surface area contributed by atoms with Gasteiger partial charge in [0.05, 0.1) is 38.1 Å². The van der Waals surface area contributed by atoms with E-state index in [1.807, 2.05) is 6.07 Å². The van der Waals surface area contributed by atoms with Crippen molar-refractivity contribution < 1.29 is 22.4 Å². The molecule has 0 aliphatic carbocycles. The third-order valence-electron chi connectivity index (χ3n) is 13.9. The Hall–Kier alpha value is -0.0325. The van der Waals surface area contributed by atoms with Crippen LogP contribution in [0.2, 0.25) is 72.5 Å². The van der Waals surface area contributed by atoms with E-state index in [9.17, 15) is 0 Å².